The van der Waals surface area contributed by atoms with Gasteiger partial charge in [0.05, 0.1) is 11.5 Å². The van der Waals surface area contributed by atoms with Gasteiger partial charge >= 0.3 is 0 Å². The number of nitrogens with two attached hydrogens (primary N) is 1. The van der Waals surface area contributed by atoms with E-state index in [1.165, 1.54) is 0 Å². The van der Waals surface area contributed by atoms with Crippen LogP contribution < -0.4 is 5.73 Å². The van der Waals surface area contributed by atoms with E-state index >= 15 is 0 Å². The molecule has 1 amide bonds. The minimum Gasteiger partial charge on any atom is -0.389 e. The molecule has 73 valence electrons. The summed E-state index contributed by atoms with van der Waals surface area (Å²) < 4.78 is 0. The Morgan fingerprint density at radius 3 is 2.69 bits per heavy atom. The maximum absolute atomic E-state index is 11.1. The average molecular weight is 182 g/mol. The van der Waals surface area contributed by atoms with Gasteiger partial charge in [0.25, 0.3) is 0 Å². The highest BCUT2D eigenvalue weighted by Crippen LogP contribution is 2.45. The molecular formula is C10H16NO2. The van der Waals surface area contributed by atoms with Crippen LogP contribution in [0, 0.1) is 18.3 Å². The molecule has 3 N–H and O–H groups in total. The Hall–Kier alpha value is -0.570. The first-order valence-corrected chi connectivity index (χ1v) is 4.99. The minimum atomic E-state index is -0.882. The monoisotopic (exact) mass is 182 g/mol. The van der Waals surface area contributed by atoms with E-state index in [4.69, 9.17) is 5.73 Å². The van der Waals surface area contributed by atoms with Gasteiger partial charge in [-0.3, -0.25) is 4.79 Å². The van der Waals surface area contributed by atoms with Crippen molar-refractivity contribution in [3.05, 3.63) is 6.42 Å². The molecule has 0 aliphatic heterocycles. The first-order chi connectivity index (χ1) is 6.12. The molecule has 2 fully saturated rings. The van der Waals surface area contributed by atoms with Gasteiger partial charge in [-0.15, -0.1) is 0 Å². The van der Waals surface area contributed by atoms with E-state index in [2.05, 4.69) is 0 Å². The summed E-state index contributed by atoms with van der Waals surface area (Å²) in [7, 11) is 0. The highest BCUT2D eigenvalue weighted by Gasteiger charge is 2.47. The molecule has 2 atom stereocenters. The molecule has 3 heteroatoms. The second-order valence-corrected chi connectivity index (χ2v) is 4.34. The number of aliphatic hydroxyl groups is 1. The maximum Gasteiger partial charge on any atom is 0.223 e. The normalized spacial score (nSPS) is 39.3. The van der Waals surface area contributed by atoms with Crippen molar-refractivity contribution in [2.75, 3.05) is 0 Å². The lowest BCUT2D eigenvalue weighted by atomic mass is 9.85. The molecule has 1 unspecified atom stereocenters. The predicted molar refractivity (Wildman–Crippen MR) is 48.5 cm³/mol. The topological polar surface area (TPSA) is 63.3 Å². The molecule has 2 saturated carbocycles. The molecular weight excluding hydrogens is 166 g/mol. The Morgan fingerprint density at radius 2 is 2.15 bits per heavy atom. The Balaban J connectivity index is 2.04. The predicted octanol–water partition coefficient (Wildman–Crippen LogP) is 0.617. The number of primary amides is 1. The van der Waals surface area contributed by atoms with Crippen LogP contribution in [0.1, 0.15) is 32.1 Å². The molecule has 2 aliphatic carbocycles. The van der Waals surface area contributed by atoms with Crippen molar-refractivity contribution in [1.82, 2.24) is 0 Å². The number of hydrogen-bond acceptors (Lipinski definition) is 2. The second-order valence-electron chi connectivity index (χ2n) is 4.34. The van der Waals surface area contributed by atoms with Crippen molar-refractivity contribution in [3.63, 3.8) is 0 Å². The third-order valence-electron chi connectivity index (χ3n) is 3.16. The van der Waals surface area contributed by atoms with Gasteiger partial charge < -0.3 is 10.8 Å². The van der Waals surface area contributed by atoms with E-state index in [1.54, 1.807) is 0 Å². The quantitative estimate of drug-likeness (QED) is 0.672. The summed E-state index contributed by atoms with van der Waals surface area (Å²) in [4.78, 5) is 11.1. The molecule has 3 nitrogen and oxygen atoms in total. The van der Waals surface area contributed by atoms with Gasteiger partial charge in [0.15, 0.2) is 0 Å². The minimum absolute atomic E-state index is 0.340. The van der Waals surface area contributed by atoms with E-state index in [-0.39, 0.29) is 11.8 Å². The van der Waals surface area contributed by atoms with Crippen molar-refractivity contribution in [2.24, 2.45) is 17.6 Å². The van der Waals surface area contributed by atoms with Gasteiger partial charge in [-0.1, -0.05) is 0 Å². The highest BCUT2D eigenvalue weighted by atomic mass is 16.3. The van der Waals surface area contributed by atoms with Gasteiger partial charge in [0.2, 0.25) is 5.91 Å². The standard InChI is InChI=1S/C10H16NO2/c11-9(12)8-2-1-5-10(8,13)6-7-3-4-7/h6-8,13H,1-5H2,(H2,11,12)/t8?,10-/m0/s1. The van der Waals surface area contributed by atoms with Crippen LogP contribution in [0.4, 0.5) is 0 Å². The molecule has 0 spiro atoms. The van der Waals surface area contributed by atoms with Crippen LogP contribution in [0.15, 0.2) is 0 Å². The Kier molecular flexibility index (Phi) is 2.06. The molecule has 0 bridgehead atoms. The van der Waals surface area contributed by atoms with Crippen LogP contribution in [0.2, 0.25) is 0 Å². The fourth-order valence-electron chi connectivity index (χ4n) is 2.27. The van der Waals surface area contributed by atoms with E-state index < -0.39 is 5.60 Å². The Morgan fingerprint density at radius 1 is 1.46 bits per heavy atom. The summed E-state index contributed by atoms with van der Waals surface area (Å²) in [5.74, 6) is -0.157. The number of amides is 1. The number of rotatable bonds is 3. The summed E-state index contributed by atoms with van der Waals surface area (Å²) in [6, 6.07) is 0. The molecule has 13 heavy (non-hydrogen) atoms. The number of carbonyl (C=O) groups excluding carboxylic acids is 1. The molecule has 0 heterocycles. The second kappa shape index (κ2) is 2.98. The van der Waals surface area contributed by atoms with Crippen molar-refractivity contribution in [2.45, 2.75) is 37.7 Å². The maximum atomic E-state index is 11.1. The molecule has 0 saturated heterocycles. The smallest absolute Gasteiger partial charge is 0.223 e. The SMILES string of the molecule is NC(=O)C1CCC[C@]1(O)[CH]C1CC1. The summed E-state index contributed by atoms with van der Waals surface area (Å²) in [5.41, 5.74) is 4.37. The first kappa shape index (κ1) is 9.00. The van der Waals surface area contributed by atoms with Crippen molar-refractivity contribution >= 4 is 5.91 Å². The van der Waals surface area contributed by atoms with Crippen molar-refractivity contribution in [1.29, 1.82) is 0 Å². The van der Waals surface area contributed by atoms with Crippen LogP contribution in [0.25, 0.3) is 0 Å². The van der Waals surface area contributed by atoms with Crippen LogP contribution in [-0.2, 0) is 4.79 Å². The molecule has 2 rings (SSSR count). The largest absolute Gasteiger partial charge is 0.389 e. The van der Waals surface area contributed by atoms with Gasteiger partial charge in [-0.05, 0) is 44.4 Å². The van der Waals surface area contributed by atoms with Crippen molar-refractivity contribution < 1.29 is 9.90 Å². The third-order valence-corrected chi connectivity index (χ3v) is 3.16. The Labute approximate surface area is 78.3 Å². The van der Waals surface area contributed by atoms with E-state index in [9.17, 15) is 9.90 Å². The zero-order valence-corrected chi connectivity index (χ0v) is 7.70. The van der Waals surface area contributed by atoms with Crippen LogP contribution in [0.3, 0.4) is 0 Å². The molecule has 0 aromatic rings. The van der Waals surface area contributed by atoms with Crippen LogP contribution in [-0.4, -0.2) is 16.6 Å². The number of carbonyl (C=O) groups is 1. The summed E-state index contributed by atoms with van der Waals surface area (Å²) in [6.45, 7) is 0. The molecule has 0 aromatic heterocycles. The van der Waals surface area contributed by atoms with Gasteiger partial charge in [-0.2, -0.15) is 0 Å². The third kappa shape index (κ3) is 1.70. The van der Waals surface area contributed by atoms with E-state index in [0.29, 0.717) is 12.3 Å². The average Bonchev–Trinajstić information content (AvgIpc) is 2.72. The fourth-order valence-corrected chi connectivity index (χ4v) is 2.27. The van der Waals surface area contributed by atoms with E-state index in [0.717, 1.165) is 25.7 Å². The lowest BCUT2D eigenvalue weighted by molar-refractivity contribution is -0.127. The Bertz CT molecular complexity index is 225. The molecule has 2 aliphatic rings. The molecule has 0 aromatic carbocycles. The zero-order chi connectivity index (χ0) is 9.47. The highest BCUT2D eigenvalue weighted by molar-refractivity contribution is 5.78. The first-order valence-electron chi connectivity index (χ1n) is 4.99. The van der Waals surface area contributed by atoms with Gasteiger partial charge in [0, 0.05) is 0 Å². The van der Waals surface area contributed by atoms with E-state index in [1.807, 2.05) is 6.42 Å². The van der Waals surface area contributed by atoms with Crippen LogP contribution in [0.5, 0.6) is 0 Å². The lowest BCUT2D eigenvalue weighted by Gasteiger charge is -2.27. The summed E-state index contributed by atoms with van der Waals surface area (Å²) in [5, 5.41) is 10.2. The van der Waals surface area contributed by atoms with Gasteiger partial charge in [-0.25, -0.2) is 0 Å². The van der Waals surface area contributed by atoms with Gasteiger partial charge in [0.1, 0.15) is 0 Å². The molecule has 1 radical (unpaired) electrons. The van der Waals surface area contributed by atoms with Crippen LogP contribution >= 0.6 is 0 Å². The lowest BCUT2D eigenvalue weighted by Crippen LogP contribution is -2.42. The number of hydrogen-bond donors (Lipinski definition) is 2. The summed E-state index contributed by atoms with van der Waals surface area (Å²) >= 11 is 0. The van der Waals surface area contributed by atoms with Crippen molar-refractivity contribution in [3.8, 4) is 0 Å². The zero-order valence-electron chi connectivity index (χ0n) is 7.70. The summed E-state index contributed by atoms with van der Waals surface area (Å²) in [6.07, 6.45) is 6.64. The fraction of sp³-hybridized carbons (Fsp3) is 0.800.